The third-order valence-corrected chi connectivity index (χ3v) is 5.64. The molecule has 1 atom stereocenters. The Labute approximate surface area is 164 Å². The molecule has 1 saturated heterocycles. The number of aliphatic hydroxyl groups is 1. The van der Waals surface area contributed by atoms with E-state index in [0.29, 0.717) is 33.0 Å². The number of pyridine rings is 1. The molecule has 0 bridgehead atoms. The van der Waals surface area contributed by atoms with Gasteiger partial charge in [0.05, 0.1) is 22.9 Å². The minimum absolute atomic E-state index is 0.0390. The third-order valence-electron chi connectivity index (χ3n) is 5.23. The number of esters is 1. The minimum Gasteiger partial charge on any atom is -0.456 e. The molecular formula is C19H19BrN3O4+. The van der Waals surface area contributed by atoms with Crippen molar-refractivity contribution in [2.24, 2.45) is 5.41 Å². The number of nitroso groups, excluding NO2 is 1. The summed E-state index contributed by atoms with van der Waals surface area (Å²) in [6, 6.07) is 12.2. The van der Waals surface area contributed by atoms with Crippen LogP contribution in [0.5, 0.6) is 0 Å². The largest absolute Gasteiger partial charge is 0.456 e. The Morgan fingerprint density at radius 2 is 2.07 bits per heavy atom. The number of carbonyl (C=O) groups is 1. The quantitative estimate of drug-likeness (QED) is 0.338. The first kappa shape index (κ1) is 18.1. The van der Waals surface area contributed by atoms with Crippen molar-refractivity contribution < 1.29 is 19.4 Å². The van der Waals surface area contributed by atoms with Crippen molar-refractivity contribution in [2.75, 3.05) is 24.7 Å². The summed E-state index contributed by atoms with van der Waals surface area (Å²) < 4.78 is 6.83. The topological polar surface area (TPSA) is 82.7 Å². The molecule has 1 aliphatic carbocycles. The number of ether oxygens (including phenoxy) is 1. The molecule has 8 heteroatoms. The van der Waals surface area contributed by atoms with Gasteiger partial charge in [-0.05, 0) is 40.9 Å². The van der Waals surface area contributed by atoms with Crippen molar-refractivity contribution in [1.29, 1.82) is 0 Å². The van der Waals surface area contributed by atoms with Gasteiger partial charge >= 0.3 is 5.97 Å². The highest BCUT2D eigenvalue weighted by Gasteiger charge is 2.57. The normalized spacial score (nSPS) is 19.9. The number of halogens is 1. The smallest absolute Gasteiger partial charge is 0.338 e. The van der Waals surface area contributed by atoms with Gasteiger partial charge in [0, 0.05) is 22.9 Å². The Kier molecular flexibility index (Phi) is 4.69. The molecule has 4 rings (SSSR count). The van der Waals surface area contributed by atoms with Crippen LogP contribution in [0.25, 0.3) is 0 Å². The van der Waals surface area contributed by atoms with E-state index >= 15 is 0 Å². The van der Waals surface area contributed by atoms with Crippen molar-refractivity contribution in [3.63, 3.8) is 0 Å². The Morgan fingerprint density at radius 1 is 1.33 bits per heavy atom. The number of aromatic nitrogens is 1. The fraction of sp³-hybridized carbons (Fsp3) is 0.368. The first-order chi connectivity index (χ1) is 13.0. The van der Waals surface area contributed by atoms with Gasteiger partial charge in [0.15, 0.2) is 0 Å². The minimum atomic E-state index is -0.628. The van der Waals surface area contributed by atoms with Gasteiger partial charge < -0.3 is 14.7 Å². The van der Waals surface area contributed by atoms with Crippen molar-refractivity contribution in [3.05, 3.63) is 57.5 Å². The molecule has 1 spiro atoms. The summed E-state index contributed by atoms with van der Waals surface area (Å²) in [5, 5.41) is 9.08. The van der Waals surface area contributed by atoms with Crippen LogP contribution in [0.2, 0.25) is 0 Å². The summed E-state index contributed by atoms with van der Waals surface area (Å²) >= 11 is 3.32. The van der Waals surface area contributed by atoms with Gasteiger partial charge in [-0.2, -0.15) is 0 Å². The van der Waals surface area contributed by atoms with E-state index < -0.39 is 6.73 Å². The molecule has 1 aromatic heterocycles. The zero-order valence-corrected chi connectivity index (χ0v) is 16.1. The van der Waals surface area contributed by atoms with E-state index in [9.17, 15) is 9.70 Å². The maximum Gasteiger partial charge on any atom is 0.338 e. The molecule has 1 saturated carbocycles. The number of hydrogen-bond donors (Lipinski definition) is 1. The highest BCUT2D eigenvalue weighted by Crippen LogP contribution is 2.54. The van der Waals surface area contributed by atoms with Crippen molar-refractivity contribution in [2.45, 2.75) is 18.9 Å². The standard InChI is InChI=1S/C19H19BrN3O4/c20-16-8-14(23(26)12-24)9-17(21-16)22-10-15(19(11-22)6-7-19)27-18(25)13-4-2-1-3-5-13/h1-5,8-9,15,24H,6-7,10-12H2/q+1. The Bertz CT molecular complexity index is 886. The maximum absolute atomic E-state index is 12.5. The van der Waals surface area contributed by atoms with Crippen LogP contribution in [0.1, 0.15) is 23.2 Å². The summed E-state index contributed by atoms with van der Waals surface area (Å²) in [5.74, 6) is 0.306. The van der Waals surface area contributed by atoms with Gasteiger partial charge in [-0.3, -0.25) is 0 Å². The highest BCUT2D eigenvalue weighted by atomic mass is 79.9. The average molecular weight is 433 g/mol. The van der Waals surface area contributed by atoms with Gasteiger partial charge in [0.1, 0.15) is 16.5 Å². The number of anilines is 1. The van der Waals surface area contributed by atoms with Crippen molar-refractivity contribution in [1.82, 2.24) is 4.98 Å². The van der Waals surface area contributed by atoms with E-state index in [1.165, 1.54) is 0 Å². The molecule has 0 radical (unpaired) electrons. The number of benzene rings is 1. The molecule has 1 N–H and O–H groups in total. The number of hydrogen-bond acceptors (Lipinski definition) is 6. The van der Waals surface area contributed by atoms with Gasteiger partial charge in [-0.15, -0.1) is 0 Å². The fourth-order valence-corrected chi connectivity index (χ4v) is 3.96. The monoisotopic (exact) mass is 432 g/mol. The molecular weight excluding hydrogens is 414 g/mol. The Hall–Kier alpha value is -2.32. The van der Waals surface area contributed by atoms with Gasteiger partial charge in [0.25, 0.3) is 12.4 Å². The zero-order valence-electron chi connectivity index (χ0n) is 14.5. The molecule has 2 aromatic rings. The van der Waals surface area contributed by atoms with Crippen LogP contribution in [0.3, 0.4) is 0 Å². The second kappa shape index (κ2) is 7.01. The van der Waals surface area contributed by atoms with Crippen LogP contribution >= 0.6 is 15.9 Å². The molecule has 27 heavy (non-hydrogen) atoms. The molecule has 2 aliphatic rings. The molecule has 1 unspecified atom stereocenters. The second-order valence-electron chi connectivity index (χ2n) is 7.03. The molecule has 1 aliphatic heterocycles. The lowest BCUT2D eigenvalue weighted by Gasteiger charge is -2.18. The second-order valence-corrected chi connectivity index (χ2v) is 7.84. The SMILES string of the molecule is O=C(OC1CN(c2cc([N+](=O)CO)cc(Br)n2)CC12CC2)c1ccccc1. The Morgan fingerprint density at radius 3 is 2.74 bits per heavy atom. The van der Waals surface area contributed by atoms with E-state index in [1.807, 2.05) is 23.1 Å². The van der Waals surface area contributed by atoms with Gasteiger partial charge in [-0.1, -0.05) is 18.2 Å². The number of nitrogens with zero attached hydrogens (tertiary/aromatic N) is 3. The highest BCUT2D eigenvalue weighted by molar-refractivity contribution is 9.10. The predicted molar refractivity (Wildman–Crippen MR) is 102 cm³/mol. The van der Waals surface area contributed by atoms with E-state index in [0.717, 1.165) is 19.4 Å². The summed E-state index contributed by atoms with van der Waals surface area (Å²) in [4.78, 5) is 30.7. The lowest BCUT2D eigenvalue weighted by atomic mass is 10.0. The van der Waals surface area contributed by atoms with Crippen molar-refractivity contribution >= 4 is 33.4 Å². The third kappa shape index (κ3) is 3.59. The van der Waals surface area contributed by atoms with Crippen LogP contribution in [-0.4, -0.2) is 46.7 Å². The van der Waals surface area contributed by atoms with E-state index in [1.54, 1.807) is 24.3 Å². The molecule has 140 valence electrons. The number of aliphatic hydroxyl groups excluding tert-OH is 1. The van der Waals surface area contributed by atoms with E-state index in [-0.39, 0.29) is 17.5 Å². The van der Waals surface area contributed by atoms with Gasteiger partial charge in [-0.25, -0.2) is 9.78 Å². The van der Waals surface area contributed by atoms with Gasteiger partial charge in [0.2, 0.25) is 0 Å². The first-order valence-corrected chi connectivity index (χ1v) is 9.54. The number of rotatable bonds is 5. The van der Waals surface area contributed by atoms with Crippen LogP contribution in [0.4, 0.5) is 11.5 Å². The van der Waals surface area contributed by atoms with Crippen molar-refractivity contribution in [3.8, 4) is 0 Å². The van der Waals surface area contributed by atoms with E-state index in [4.69, 9.17) is 9.84 Å². The first-order valence-electron chi connectivity index (χ1n) is 8.75. The summed E-state index contributed by atoms with van der Waals surface area (Å²) in [6.45, 7) is 0.622. The summed E-state index contributed by atoms with van der Waals surface area (Å²) in [7, 11) is 0. The Balaban J connectivity index is 1.53. The summed E-state index contributed by atoms with van der Waals surface area (Å²) in [6.07, 6.45) is 1.79. The lowest BCUT2D eigenvalue weighted by molar-refractivity contribution is -0.505. The van der Waals surface area contributed by atoms with Crippen LogP contribution in [0.15, 0.2) is 47.1 Å². The number of carbonyl (C=O) groups excluding carboxylic acids is 1. The molecule has 2 fully saturated rings. The fourth-order valence-electron chi connectivity index (χ4n) is 3.55. The molecule has 0 amide bonds. The molecule has 7 nitrogen and oxygen atoms in total. The van der Waals surface area contributed by atoms with Crippen LogP contribution in [0, 0.1) is 10.3 Å². The van der Waals surface area contributed by atoms with E-state index in [2.05, 4.69) is 20.9 Å². The molecule has 1 aromatic carbocycles. The zero-order chi connectivity index (χ0) is 19.0. The summed E-state index contributed by atoms with van der Waals surface area (Å²) in [5.41, 5.74) is 0.825. The van der Waals surface area contributed by atoms with Crippen LogP contribution < -0.4 is 4.90 Å². The van der Waals surface area contributed by atoms with Crippen LogP contribution in [-0.2, 0) is 4.74 Å². The maximum atomic E-state index is 12.5. The predicted octanol–water partition coefficient (Wildman–Crippen LogP) is 3.03. The lowest BCUT2D eigenvalue weighted by Crippen LogP contribution is -2.28. The average Bonchev–Trinajstić information content (AvgIpc) is 3.37. The molecule has 2 heterocycles.